The molecule has 116 valence electrons. The van der Waals surface area contributed by atoms with Crippen molar-refractivity contribution in [2.45, 2.75) is 0 Å². The van der Waals surface area contributed by atoms with E-state index < -0.39 is 5.97 Å². The molecule has 1 aromatic heterocycles. The van der Waals surface area contributed by atoms with Crippen LogP contribution in [0.5, 0.6) is 0 Å². The molecular weight excluding hydrogens is 314 g/mol. The molecule has 0 saturated heterocycles. The Morgan fingerprint density at radius 2 is 2.09 bits per heavy atom. The van der Waals surface area contributed by atoms with Gasteiger partial charge in [0.2, 0.25) is 0 Å². The molecule has 1 aliphatic rings. The van der Waals surface area contributed by atoms with Gasteiger partial charge in [-0.15, -0.1) is 0 Å². The number of aliphatic imine (C=N–C) groups is 1. The van der Waals surface area contributed by atoms with E-state index in [1.54, 1.807) is 42.4 Å². The average Bonchev–Trinajstić information content (AvgIpc) is 3.17. The monoisotopic (exact) mass is 327 g/mol. The Morgan fingerprint density at radius 3 is 2.78 bits per heavy atom. The van der Waals surface area contributed by atoms with E-state index in [-0.39, 0.29) is 11.5 Å². The number of aromatic nitrogens is 1. The molecule has 2 aromatic rings. The summed E-state index contributed by atoms with van der Waals surface area (Å²) in [7, 11) is 1.69. The van der Waals surface area contributed by atoms with Crippen LogP contribution in [0.1, 0.15) is 16.1 Å². The molecule has 3 rings (SSSR count). The van der Waals surface area contributed by atoms with Crippen LogP contribution in [0.15, 0.2) is 52.5 Å². The predicted molar refractivity (Wildman–Crippen MR) is 90.6 cm³/mol. The number of carboxylic acid groups (broad SMARTS) is 1. The number of amides is 1. The van der Waals surface area contributed by atoms with Crippen LogP contribution in [0.25, 0.3) is 6.08 Å². The second-order valence-corrected chi connectivity index (χ2v) is 5.83. The minimum absolute atomic E-state index is 0.160. The van der Waals surface area contributed by atoms with Gasteiger partial charge in [-0.05, 0) is 42.1 Å². The van der Waals surface area contributed by atoms with Gasteiger partial charge in [-0.3, -0.25) is 4.79 Å². The first-order chi connectivity index (χ1) is 11.1. The van der Waals surface area contributed by atoms with E-state index in [4.69, 9.17) is 0 Å². The van der Waals surface area contributed by atoms with Crippen LogP contribution in [0, 0.1) is 0 Å². The second kappa shape index (κ2) is 6.13. The number of carboxylic acids is 1. The van der Waals surface area contributed by atoms with Crippen molar-refractivity contribution in [2.75, 3.05) is 11.9 Å². The second-order valence-electron chi connectivity index (χ2n) is 4.82. The zero-order valence-corrected chi connectivity index (χ0v) is 13.0. The number of nitrogens with zero attached hydrogens (tertiary/aromatic N) is 2. The van der Waals surface area contributed by atoms with Gasteiger partial charge < -0.3 is 15.0 Å². The molecule has 0 radical (unpaired) electrons. The van der Waals surface area contributed by atoms with E-state index >= 15 is 0 Å². The third-order valence-corrected chi connectivity index (χ3v) is 4.36. The maximum Gasteiger partial charge on any atom is 0.337 e. The van der Waals surface area contributed by atoms with Crippen molar-refractivity contribution in [1.29, 1.82) is 0 Å². The van der Waals surface area contributed by atoms with E-state index in [0.29, 0.717) is 15.8 Å². The fourth-order valence-electron chi connectivity index (χ4n) is 2.17. The van der Waals surface area contributed by atoms with Crippen molar-refractivity contribution < 1.29 is 14.7 Å². The molecule has 1 aliphatic heterocycles. The van der Waals surface area contributed by atoms with Crippen molar-refractivity contribution in [1.82, 2.24) is 4.98 Å². The first kappa shape index (κ1) is 15.1. The van der Waals surface area contributed by atoms with E-state index in [0.717, 1.165) is 5.69 Å². The number of amidine groups is 1. The Bertz CT molecular complexity index is 825. The number of hydrogen-bond donors (Lipinski definition) is 2. The summed E-state index contributed by atoms with van der Waals surface area (Å²) in [6.45, 7) is 0. The molecule has 2 N–H and O–H groups in total. The lowest BCUT2D eigenvalue weighted by atomic mass is 10.1. The highest BCUT2D eigenvalue weighted by atomic mass is 32.2. The number of rotatable bonds is 3. The number of aromatic amines is 1. The van der Waals surface area contributed by atoms with Crippen LogP contribution in [-0.2, 0) is 4.79 Å². The van der Waals surface area contributed by atoms with Gasteiger partial charge in [0.25, 0.3) is 5.91 Å². The van der Waals surface area contributed by atoms with Crippen molar-refractivity contribution in [3.8, 4) is 0 Å². The van der Waals surface area contributed by atoms with Crippen LogP contribution in [0.4, 0.5) is 5.69 Å². The molecule has 1 aromatic carbocycles. The predicted octanol–water partition coefficient (Wildman–Crippen LogP) is 2.82. The lowest BCUT2D eigenvalue weighted by Gasteiger charge is -2.19. The van der Waals surface area contributed by atoms with Gasteiger partial charge in [0.1, 0.15) is 0 Å². The topological polar surface area (TPSA) is 85.8 Å². The molecule has 6 nitrogen and oxygen atoms in total. The third-order valence-electron chi connectivity index (χ3n) is 3.30. The highest BCUT2D eigenvalue weighted by Gasteiger charge is 2.26. The number of benzene rings is 1. The zero-order chi connectivity index (χ0) is 16.4. The maximum atomic E-state index is 12.0. The molecule has 0 unspecified atom stereocenters. The van der Waals surface area contributed by atoms with Crippen molar-refractivity contribution in [3.05, 3.63) is 58.8 Å². The average molecular weight is 327 g/mol. The highest BCUT2D eigenvalue weighted by molar-refractivity contribution is 8.18. The minimum Gasteiger partial charge on any atom is -0.478 e. The normalized spacial score (nSPS) is 15.8. The fraction of sp³-hybridized carbons (Fsp3) is 0.0625. The van der Waals surface area contributed by atoms with Gasteiger partial charge in [0.05, 0.1) is 16.2 Å². The number of H-pyrrole nitrogens is 1. The van der Waals surface area contributed by atoms with E-state index in [1.807, 2.05) is 12.1 Å². The molecule has 0 atom stereocenters. The molecule has 0 bridgehead atoms. The standard InChI is InChI=1S/C16H13N3O3S/c1-19(12-7-3-2-6-11(12)15(21)22)16-18-14(20)13(23-16)9-10-5-4-8-17-10/h2-9,17H,1H3,(H,21,22)/b13-9-. The summed E-state index contributed by atoms with van der Waals surface area (Å²) in [5.74, 6) is -1.36. The molecule has 0 aliphatic carbocycles. The van der Waals surface area contributed by atoms with E-state index in [1.165, 1.54) is 17.8 Å². The summed E-state index contributed by atoms with van der Waals surface area (Å²) in [6.07, 6.45) is 3.49. The number of carbonyl (C=O) groups is 2. The molecule has 0 fully saturated rings. The summed E-state index contributed by atoms with van der Waals surface area (Å²) in [6, 6.07) is 10.3. The summed E-state index contributed by atoms with van der Waals surface area (Å²) < 4.78 is 0. The first-order valence-corrected chi connectivity index (χ1v) is 7.60. The Labute approximate surface area is 136 Å². The SMILES string of the molecule is CN(C1=NC(=O)/C(=C/c2ccc[nH]2)S1)c1ccccc1C(=O)O. The fourth-order valence-corrected chi connectivity index (χ4v) is 3.05. The van der Waals surface area contributed by atoms with Crippen LogP contribution >= 0.6 is 11.8 Å². The Balaban J connectivity index is 1.88. The molecule has 1 amide bonds. The van der Waals surface area contributed by atoms with Gasteiger partial charge in [-0.2, -0.15) is 4.99 Å². The number of hydrogen-bond acceptors (Lipinski definition) is 4. The molecule has 7 heteroatoms. The van der Waals surface area contributed by atoms with Gasteiger partial charge in [0, 0.05) is 18.9 Å². The Morgan fingerprint density at radius 1 is 1.30 bits per heavy atom. The lowest BCUT2D eigenvalue weighted by Crippen LogP contribution is -2.24. The molecule has 0 saturated carbocycles. The van der Waals surface area contributed by atoms with E-state index in [2.05, 4.69) is 9.98 Å². The molecule has 23 heavy (non-hydrogen) atoms. The van der Waals surface area contributed by atoms with Crippen LogP contribution in [-0.4, -0.2) is 34.2 Å². The Hall–Kier alpha value is -2.80. The summed E-state index contributed by atoms with van der Waals surface area (Å²) >= 11 is 1.21. The number of para-hydroxylation sites is 1. The quantitative estimate of drug-likeness (QED) is 0.847. The number of thioether (sulfide) groups is 1. The minimum atomic E-state index is -1.02. The van der Waals surface area contributed by atoms with Gasteiger partial charge in [-0.25, -0.2) is 4.79 Å². The van der Waals surface area contributed by atoms with Crippen molar-refractivity contribution >= 4 is 40.6 Å². The lowest BCUT2D eigenvalue weighted by molar-refractivity contribution is -0.113. The summed E-state index contributed by atoms with van der Waals surface area (Å²) in [5, 5.41) is 9.72. The number of aromatic carboxylic acids is 1. The molecule has 0 spiro atoms. The van der Waals surface area contributed by atoms with Crippen LogP contribution in [0.3, 0.4) is 0 Å². The van der Waals surface area contributed by atoms with E-state index in [9.17, 15) is 14.7 Å². The number of anilines is 1. The Kier molecular flexibility index (Phi) is 4.03. The third kappa shape index (κ3) is 3.04. The van der Waals surface area contributed by atoms with Crippen LogP contribution < -0.4 is 4.90 Å². The van der Waals surface area contributed by atoms with Gasteiger partial charge >= 0.3 is 5.97 Å². The smallest absolute Gasteiger partial charge is 0.337 e. The summed E-state index contributed by atoms with van der Waals surface area (Å²) in [5.41, 5.74) is 1.46. The first-order valence-electron chi connectivity index (χ1n) is 6.78. The summed E-state index contributed by atoms with van der Waals surface area (Å²) in [4.78, 5) is 32.5. The zero-order valence-electron chi connectivity index (χ0n) is 12.2. The number of carbonyl (C=O) groups excluding carboxylic acids is 1. The number of nitrogens with one attached hydrogen (secondary N) is 1. The molecular formula is C16H13N3O3S. The maximum absolute atomic E-state index is 12.0. The van der Waals surface area contributed by atoms with Crippen molar-refractivity contribution in [3.63, 3.8) is 0 Å². The van der Waals surface area contributed by atoms with Crippen molar-refractivity contribution in [2.24, 2.45) is 4.99 Å². The highest BCUT2D eigenvalue weighted by Crippen LogP contribution is 2.32. The molecule has 2 heterocycles. The van der Waals surface area contributed by atoms with Gasteiger partial charge in [0.15, 0.2) is 5.17 Å². The largest absolute Gasteiger partial charge is 0.478 e. The van der Waals surface area contributed by atoms with Crippen LogP contribution in [0.2, 0.25) is 0 Å². The van der Waals surface area contributed by atoms with Gasteiger partial charge in [-0.1, -0.05) is 12.1 Å².